The summed E-state index contributed by atoms with van der Waals surface area (Å²) in [6.45, 7) is 3.53. The normalized spacial score (nSPS) is 15.1. The standard InChI is InChI=1S/C19H16ClFN4O2/c20-15-10-14(21)4-3-13(15)12-24-5-7-25(8-6-24)19-16(11-22)23-18(27-19)17-2-1-9-26-17/h1-4,9-10H,5-8,12H2. The van der Waals surface area contributed by atoms with Crippen LogP contribution in [0.25, 0.3) is 11.7 Å². The van der Waals surface area contributed by atoms with E-state index in [0.29, 0.717) is 42.2 Å². The lowest BCUT2D eigenvalue weighted by molar-refractivity contribution is 0.246. The number of anilines is 1. The van der Waals surface area contributed by atoms with Crippen LogP contribution in [-0.2, 0) is 6.54 Å². The maximum absolute atomic E-state index is 13.2. The summed E-state index contributed by atoms with van der Waals surface area (Å²) >= 11 is 6.12. The van der Waals surface area contributed by atoms with Gasteiger partial charge < -0.3 is 13.7 Å². The first-order valence-corrected chi connectivity index (χ1v) is 8.88. The van der Waals surface area contributed by atoms with E-state index in [4.69, 9.17) is 20.4 Å². The Morgan fingerprint density at radius 2 is 2.04 bits per heavy atom. The first kappa shape index (κ1) is 17.6. The number of nitriles is 1. The molecule has 8 heteroatoms. The van der Waals surface area contributed by atoms with Gasteiger partial charge in [0.2, 0.25) is 11.6 Å². The molecule has 0 saturated carbocycles. The van der Waals surface area contributed by atoms with E-state index in [2.05, 4.69) is 16.0 Å². The van der Waals surface area contributed by atoms with Crippen LogP contribution in [0.3, 0.4) is 0 Å². The third-order valence-corrected chi connectivity index (χ3v) is 4.87. The first-order valence-electron chi connectivity index (χ1n) is 8.50. The van der Waals surface area contributed by atoms with Gasteiger partial charge in [-0.2, -0.15) is 10.2 Å². The molecular formula is C19H16ClFN4O2. The molecule has 1 aromatic carbocycles. The molecule has 0 atom stereocenters. The van der Waals surface area contributed by atoms with Gasteiger partial charge in [0, 0.05) is 37.7 Å². The fraction of sp³-hybridized carbons (Fsp3) is 0.263. The van der Waals surface area contributed by atoms with Crippen molar-refractivity contribution < 1.29 is 13.2 Å². The fourth-order valence-electron chi connectivity index (χ4n) is 3.10. The van der Waals surface area contributed by atoms with Crippen LogP contribution in [0.5, 0.6) is 0 Å². The summed E-state index contributed by atoms with van der Waals surface area (Å²) in [5.41, 5.74) is 1.14. The number of hydrogen-bond acceptors (Lipinski definition) is 6. The molecular weight excluding hydrogens is 371 g/mol. The Hall–Kier alpha value is -2.82. The number of aromatic nitrogens is 1. The quantitative estimate of drug-likeness (QED) is 0.676. The predicted octanol–water partition coefficient (Wildman–Crippen LogP) is 3.92. The molecule has 1 aliphatic rings. The molecule has 0 amide bonds. The summed E-state index contributed by atoms with van der Waals surface area (Å²) in [6, 6.07) is 10.0. The van der Waals surface area contributed by atoms with Crippen molar-refractivity contribution in [1.29, 1.82) is 5.26 Å². The SMILES string of the molecule is N#Cc1nc(-c2ccco2)oc1N1CCN(Cc2ccc(F)cc2Cl)CC1. The van der Waals surface area contributed by atoms with Crippen molar-refractivity contribution in [3.63, 3.8) is 0 Å². The molecule has 0 aliphatic carbocycles. The van der Waals surface area contributed by atoms with Crippen molar-refractivity contribution >= 4 is 17.5 Å². The number of rotatable bonds is 4. The molecule has 1 saturated heterocycles. The average Bonchev–Trinajstić information content (AvgIpc) is 3.34. The van der Waals surface area contributed by atoms with Gasteiger partial charge in [-0.1, -0.05) is 17.7 Å². The van der Waals surface area contributed by atoms with E-state index in [1.54, 1.807) is 18.2 Å². The van der Waals surface area contributed by atoms with Crippen LogP contribution < -0.4 is 4.90 Å². The Morgan fingerprint density at radius 1 is 1.22 bits per heavy atom. The molecule has 6 nitrogen and oxygen atoms in total. The lowest BCUT2D eigenvalue weighted by Gasteiger charge is -2.34. The summed E-state index contributed by atoms with van der Waals surface area (Å²) in [6.07, 6.45) is 1.53. The molecule has 0 spiro atoms. The van der Waals surface area contributed by atoms with Crippen LogP contribution in [0, 0.1) is 17.1 Å². The van der Waals surface area contributed by atoms with E-state index in [-0.39, 0.29) is 11.5 Å². The molecule has 3 heterocycles. The van der Waals surface area contributed by atoms with Gasteiger partial charge in [0.05, 0.1) is 6.26 Å². The number of benzene rings is 1. The van der Waals surface area contributed by atoms with E-state index >= 15 is 0 Å². The van der Waals surface area contributed by atoms with Gasteiger partial charge in [-0.3, -0.25) is 4.90 Å². The number of oxazole rings is 1. The topological polar surface area (TPSA) is 69.4 Å². The molecule has 0 unspecified atom stereocenters. The van der Waals surface area contributed by atoms with Gasteiger partial charge in [0.15, 0.2) is 5.76 Å². The summed E-state index contributed by atoms with van der Waals surface area (Å²) in [5.74, 6) is 0.910. The van der Waals surface area contributed by atoms with Crippen LogP contribution in [0.4, 0.5) is 10.3 Å². The van der Waals surface area contributed by atoms with Crippen LogP contribution >= 0.6 is 11.6 Å². The van der Waals surface area contributed by atoms with Gasteiger partial charge in [0.1, 0.15) is 11.9 Å². The van der Waals surface area contributed by atoms with Gasteiger partial charge in [-0.15, -0.1) is 0 Å². The van der Waals surface area contributed by atoms with E-state index < -0.39 is 0 Å². The molecule has 1 aliphatic heterocycles. The highest BCUT2D eigenvalue weighted by molar-refractivity contribution is 6.31. The highest BCUT2D eigenvalue weighted by Gasteiger charge is 2.25. The minimum absolute atomic E-state index is 0.247. The highest BCUT2D eigenvalue weighted by Crippen LogP contribution is 2.29. The highest BCUT2D eigenvalue weighted by atomic mass is 35.5. The van der Waals surface area contributed by atoms with E-state index in [1.807, 2.05) is 4.90 Å². The second-order valence-corrected chi connectivity index (χ2v) is 6.67. The summed E-state index contributed by atoms with van der Waals surface area (Å²) < 4.78 is 24.3. The third kappa shape index (κ3) is 3.68. The Balaban J connectivity index is 1.44. The second kappa shape index (κ2) is 7.43. The van der Waals surface area contributed by atoms with E-state index in [1.165, 1.54) is 18.4 Å². The zero-order chi connectivity index (χ0) is 18.8. The van der Waals surface area contributed by atoms with Gasteiger partial charge in [-0.05, 0) is 29.8 Å². The summed E-state index contributed by atoms with van der Waals surface area (Å²) in [5, 5.41) is 9.81. The zero-order valence-electron chi connectivity index (χ0n) is 14.4. The van der Waals surface area contributed by atoms with Gasteiger partial charge in [0.25, 0.3) is 5.89 Å². The van der Waals surface area contributed by atoms with Crippen molar-refractivity contribution in [2.75, 3.05) is 31.1 Å². The maximum atomic E-state index is 13.2. The van der Waals surface area contributed by atoms with Crippen LogP contribution in [0.2, 0.25) is 5.02 Å². The second-order valence-electron chi connectivity index (χ2n) is 6.26. The number of piperazine rings is 1. The summed E-state index contributed by atoms with van der Waals surface area (Å²) in [4.78, 5) is 8.45. The first-order chi connectivity index (χ1) is 13.1. The zero-order valence-corrected chi connectivity index (χ0v) is 15.1. The predicted molar refractivity (Wildman–Crippen MR) is 97.8 cm³/mol. The molecule has 138 valence electrons. The minimum Gasteiger partial charge on any atom is -0.459 e. The number of furan rings is 1. The monoisotopic (exact) mass is 386 g/mol. The Bertz CT molecular complexity index is 972. The lowest BCUT2D eigenvalue weighted by atomic mass is 10.2. The van der Waals surface area contributed by atoms with Crippen molar-refractivity contribution in [2.24, 2.45) is 0 Å². The largest absolute Gasteiger partial charge is 0.459 e. The number of hydrogen-bond donors (Lipinski definition) is 0. The van der Waals surface area contributed by atoms with Crippen molar-refractivity contribution in [3.8, 4) is 17.7 Å². The minimum atomic E-state index is -0.338. The van der Waals surface area contributed by atoms with Gasteiger partial charge >= 0.3 is 0 Å². The number of halogens is 2. The molecule has 4 rings (SSSR count). The molecule has 2 aromatic heterocycles. The summed E-state index contributed by atoms with van der Waals surface area (Å²) in [7, 11) is 0. The lowest BCUT2D eigenvalue weighted by Crippen LogP contribution is -2.46. The average molecular weight is 387 g/mol. The molecule has 1 fully saturated rings. The van der Waals surface area contributed by atoms with Gasteiger partial charge in [-0.25, -0.2) is 4.39 Å². The van der Waals surface area contributed by atoms with Crippen molar-refractivity contribution in [1.82, 2.24) is 9.88 Å². The van der Waals surface area contributed by atoms with Crippen molar-refractivity contribution in [3.05, 3.63) is 58.7 Å². The Morgan fingerprint density at radius 3 is 2.70 bits per heavy atom. The van der Waals surface area contributed by atoms with Crippen molar-refractivity contribution in [2.45, 2.75) is 6.54 Å². The number of nitrogens with zero attached hydrogens (tertiary/aromatic N) is 4. The smallest absolute Gasteiger partial charge is 0.266 e. The van der Waals surface area contributed by atoms with Crippen LogP contribution in [0.15, 0.2) is 45.4 Å². The Kier molecular flexibility index (Phi) is 4.84. The molecule has 0 radical (unpaired) electrons. The molecule has 27 heavy (non-hydrogen) atoms. The maximum Gasteiger partial charge on any atom is 0.266 e. The molecule has 3 aromatic rings. The van der Waals surface area contributed by atoms with Crippen LogP contribution in [0.1, 0.15) is 11.3 Å². The third-order valence-electron chi connectivity index (χ3n) is 4.52. The van der Waals surface area contributed by atoms with Crippen LogP contribution in [-0.4, -0.2) is 36.1 Å². The van der Waals surface area contributed by atoms with E-state index in [0.717, 1.165) is 18.7 Å². The Labute approximate surface area is 160 Å². The fourth-order valence-corrected chi connectivity index (χ4v) is 3.33. The van der Waals surface area contributed by atoms with E-state index in [9.17, 15) is 9.65 Å². The molecule has 0 N–H and O–H groups in total. The molecule has 0 bridgehead atoms.